The quantitative estimate of drug-likeness (QED) is 0.357. The van der Waals surface area contributed by atoms with Crippen molar-refractivity contribution in [3.05, 3.63) is 77.8 Å². The number of nitrogens with one attached hydrogen (secondary N) is 1. The number of alkyl halides is 1. The van der Waals surface area contributed by atoms with E-state index in [-0.39, 0.29) is 36.5 Å². The van der Waals surface area contributed by atoms with E-state index < -0.39 is 23.8 Å². The molecule has 43 heavy (non-hydrogen) atoms. The number of piperidine rings is 1. The fourth-order valence-corrected chi connectivity index (χ4v) is 6.74. The first kappa shape index (κ1) is 29.7. The standard InChI is InChI=1S/C33H40F3N5O2/c34-26-9-10-28(35)27(17-26)30-22-40(20-23-7-3-1-4-8-23)32(38-30)31(24-11-15-43-16-12-24)41(21-25-18-37-19-29(25)36)33(42)39-13-5-2-6-14-39/h1,3-4,7-10,17,22,24-25,29,31,37H,2,5-6,11-16,18-21H2/t25-,29-,31?/m0/s1. The Hall–Kier alpha value is -3.37. The summed E-state index contributed by atoms with van der Waals surface area (Å²) in [5.74, 6) is -0.883. The number of nitrogens with zero attached hydrogens (tertiary/aromatic N) is 4. The van der Waals surface area contributed by atoms with Crippen LogP contribution in [0.5, 0.6) is 0 Å². The number of imidazole rings is 1. The molecule has 3 atom stereocenters. The fraction of sp³-hybridized carbons (Fsp3) is 0.515. The van der Waals surface area contributed by atoms with Gasteiger partial charge in [0.05, 0.1) is 11.7 Å². The van der Waals surface area contributed by atoms with Gasteiger partial charge in [-0.15, -0.1) is 0 Å². The Balaban J connectivity index is 1.48. The Morgan fingerprint density at radius 1 is 1.05 bits per heavy atom. The lowest BCUT2D eigenvalue weighted by atomic mass is 9.89. The van der Waals surface area contributed by atoms with Gasteiger partial charge in [0.2, 0.25) is 0 Å². The highest BCUT2D eigenvalue weighted by atomic mass is 19.1. The number of ether oxygens (including phenoxy) is 1. The zero-order valence-electron chi connectivity index (χ0n) is 24.4. The molecule has 0 bridgehead atoms. The van der Waals surface area contributed by atoms with Gasteiger partial charge in [0, 0.05) is 70.2 Å². The van der Waals surface area contributed by atoms with E-state index in [0.717, 1.165) is 43.0 Å². The first-order chi connectivity index (χ1) is 21.0. The van der Waals surface area contributed by atoms with E-state index in [1.165, 1.54) is 0 Å². The molecule has 2 amide bonds. The van der Waals surface area contributed by atoms with Crippen LogP contribution in [0.1, 0.15) is 49.5 Å². The summed E-state index contributed by atoms with van der Waals surface area (Å²) in [7, 11) is 0. The number of halogens is 3. The lowest BCUT2D eigenvalue weighted by Crippen LogP contribution is -2.51. The number of hydrogen-bond acceptors (Lipinski definition) is 4. The molecule has 3 aromatic rings. The summed E-state index contributed by atoms with van der Waals surface area (Å²) in [4.78, 5) is 23.2. The van der Waals surface area contributed by atoms with E-state index in [9.17, 15) is 9.18 Å². The normalized spacial score (nSPS) is 22.1. The lowest BCUT2D eigenvalue weighted by Gasteiger charge is -2.42. The van der Waals surface area contributed by atoms with Gasteiger partial charge >= 0.3 is 6.03 Å². The van der Waals surface area contributed by atoms with Gasteiger partial charge in [-0.05, 0) is 61.8 Å². The number of urea groups is 1. The van der Waals surface area contributed by atoms with Gasteiger partial charge in [-0.1, -0.05) is 30.3 Å². The van der Waals surface area contributed by atoms with Gasteiger partial charge < -0.3 is 24.4 Å². The van der Waals surface area contributed by atoms with Crippen LogP contribution in [0.3, 0.4) is 0 Å². The minimum atomic E-state index is -1.06. The SMILES string of the molecule is O=C(N1CCCCC1)N(C[C@@H]1CNC[C@@H]1F)C(c1nc(-c2cc(F)ccc2F)cn1Cc1ccccc1)C1CCOCC1. The summed E-state index contributed by atoms with van der Waals surface area (Å²) >= 11 is 0. The number of amides is 2. The molecule has 0 spiro atoms. The maximum atomic E-state index is 15.1. The monoisotopic (exact) mass is 595 g/mol. The van der Waals surface area contributed by atoms with E-state index in [0.29, 0.717) is 63.8 Å². The van der Waals surface area contributed by atoms with Crippen LogP contribution in [0, 0.1) is 23.5 Å². The first-order valence-electron chi connectivity index (χ1n) is 15.5. The molecule has 10 heteroatoms. The van der Waals surface area contributed by atoms with Gasteiger partial charge in [-0.25, -0.2) is 22.9 Å². The first-order valence-corrected chi connectivity index (χ1v) is 15.5. The van der Waals surface area contributed by atoms with Crippen LogP contribution in [0.4, 0.5) is 18.0 Å². The number of benzene rings is 2. The van der Waals surface area contributed by atoms with Crippen molar-refractivity contribution in [1.29, 1.82) is 0 Å². The zero-order chi connectivity index (χ0) is 29.8. The molecule has 230 valence electrons. The van der Waals surface area contributed by atoms with Crippen LogP contribution in [0.15, 0.2) is 54.7 Å². The molecule has 0 aliphatic carbocycles. The van der Waals surface area contributed by atoms with Gasteiger partial charge in [-0.3, -0.25) is 0 Å². The summed E-state index contributed by atoms with van der Waals surface area (Å²) in [5.41, 5.74) is 1.38. The third-order valence-corrected chi connectivity index (χ3v) is 9.08. The number of aromatic nitrogens is 2. The molecule has 0 radical (unpaired) electrons. The number of hydrogen-bond donors (Lipinski definition) is 1. The minimum absolute atomic E-state index is 0.00274. The molecule has 4 heterocycles. The molecule has 2 aromatic carbocycles. The highest BCUT2D eigenvalue weighted by molar-refractivity contribution is 5.75. The third kappa shape index (κ3) is 6.75. The summed E-state index contributed by atoms with van der Waals surface area (Å²) < 4.78 is 52.2. The van der Waals surface area contributed by atoms with Crippen LogP contribution in [0.2, 0.25) is 0 Å². The Labute approximate surface area is 251 Å². The van der Waals surface area contributed by atoms with E-state index in [4.69, 9.17) is 9.72 Å². The second-order valence-electron chi connectivity index (χ2n) is 12.0. The fourth-order valence-electron chi connectivity index (χ4n) is 6.74. The molecule has 3 aliphatic rings. The van der Waals surface area contributed by atoms with E-state index in [1.54, 1.807) is 6.20 Å². The van der Waals surface area contributed by atoms with Crippen molar-refractivity contribution < 1.29 is 22.7 Å². The van der Waals surface area contributed by atoms with Gasteiger partial charge in [0.1, 0.15) is 23.6 Å². The van der Waals surface area contributed by atoms with Gasteiger partial charge in [0.25, 0.3) is 0 Å². The topological polar surface area (TPSA) is 62.6 Å². The molecular formula is C33H40F3N5O2. The minimum Gasteiger partial charge on any atom is -0.381 e. The molecule has 1 aromatic heterocycles. The average Bonchev–Trinajstić information content (AvgIpc) is 3.64. The molecule has 7 nitrogen and oxygen atoms in total. The number of carbonyl (C=O) groups excluding carboxylic acids is 1. The Morgan fingerprint density at radius 3 is 2.53 bits per heavy atom. The largest absolute Gasteiger partial charge is 0.381 e. The number of rotatable bonds is 8. The zero-order valence-corrected chi connectivity index (χ0v) is 24.4. The molecule has 6 rings (SSSR count). The molecule has 0 saturated carbocycles. The van der Waals surface area contributed by atoms with Crippen molar-refractivity contribution >= 4 is 6.03 Å². The van der Waals surface area contributed by atoms with E-state index >= 15 is 8.78 Å². The van der Waals surface area contributed by atoms with Crippen molar-refractivity contribution in [2.75, 3.05) is 45.9 Å². The van der Waals surface area contributed by atoms with Crippen molar-refractivity contribution in [3.8, 4) is 11.3 Å². The van der Waals surface area contributed by atoms with Crippen molar-refractivity contribution in [3.63, 3.8) is 0 Å². The maximum Gasteiger partial charge on any atom is 0.320 e. The molecule has 1 N–H and O–H groups in total. The summed E-state index contributed by atoms with van der Waals surface area (Å²) in [6.45, 7) is 3.86. The van der Waals surface area contributed by atoms with Crippen LogP contribution < -0.4 is 5.32 Å². The van der Waals surface area contributed by atoms with Crippen LogP contribution in [0.25, 0.3) is 11.3 Å². The lowest BCUT2D eigenvalue weighted by molar-refractivity contribution is 0.0194. The Bertz CT molecular complexity index is 1370. The Morgan fingerprint density at radius 2 is 1.81 bits per heavy atom. The Kier molecular flexibility index (Phi) is 9.33. The maximum absolute atomic E-state index is 15.1. The van der Waals surface area contributed by atoms with Crippen molar-refractivity contribution in [1.82, 2.24) is 24.7 Å². The second kappa shape index (κ2) is 13.5. The van der Waals surface area contributed by atoms with Crippen molar-refractivity contribution in [2.24, 2.45) is 11.8 Å². The second-order valence-corrected chi connectivity index (χ2v) is 12.0. The van der Waals surface area contributed by atoms with Gasteiger partial charge in [0.15, 0.2) is 0 Å². The molecular weight excluding hydrogens is 555 g/mol. The summed E-state index contributed by atoms with van der Waals surface area (Å²) in [5, 5.41) is 3.14. The van der Waals surface area contributed by atoms with Crippen LogP contribution in [-0.4, -0.2) is 77.5 Å². The molecule has 1 unspecified atom stereocenters. The number of carbonyl (C=O) groups is 1. The predicted octanol–water partition coefficient (Wildman–Crippen LogP) is 5.81. The highest BCUT2D eigenvalue weighted by Crippen LogP contribution is 2.39. The van der Waals surface area contributed by atoms with E-state index in [1.807, 2.05) is 44.7 Å². The summed E-state index contributed by atoms with van der Waals surface area (Å²) in [6, 6.07) is 12.6. The third-order valence-electron chi connectivity index (χ3n) is 9.08. The molecule has 3 fully saturated rings. The van der Waals surface area contributed by atoms with Crippen molar-refractivity contribution in [2.45, 2.75) is 50.9 Å². The smallest absolute Gasteiger partial charge is 0.320 e. The van der Waals surface area contributed by atoms with Gasteiger partial charge in [-0.2, -0.15) is 0 Å². The van der Waals surface area contributed by atoms with Crippen LogP contribution in [-0.2, 0) is 11.3 Å². The van der Waals surface area contributed by atoms with E-state index in [2.05, 4.69) is 5.32 Å². The predicted molar refractivity (Wildman–Crippen MR) is 158 cm³/mol. The average molecular weight is 596 g/mol. The highest BCUT2D eigenvalue weighted by Gasteiger charge is 2.41. The molecule has 3 saturated heterocycles. The summed E-state index contributed by atoms with van der Waals surface area (Å²) in [6.07, 6.45) is 5.05. The molecule has 3 aliphatic heterocycles. The number of likely N-dealkylation sites (tertiary alicyclic amines) is 1. The van der Waals surface area contributed by atoms with Crippen LogP contribution >= 0.6 is 0 Å².